The molecular formula is C11H17N3O. The van der Waals surface area contributed by atoms with E-state index < -0.39 is 0 Å². The van der Waals surface area contributed by atoms with Gasteiger partial charge in [0.1, 0.15) is 5.82 Å². The summed E-state index contributed by atoms with van der Waals surface area (Å²) in [5.74, 6) is 0.728. The first-order chi connectivity index (χ1) is 7.13. The van der Waals surface area contributed by atoms with Crippen LogP contribution >= 0.6 is 0 Å². The molecule has 1 aromatic heterocycles. The summed E-state index contributed by atoms with van der Waals surface area (Å²) in [7, 11) is 0. The summed E-state index contributed by atoms with van der Waals surface area (Å²) in [6.07, 6.45) is 5.84. The molecule has 0 aromatic carbocycles. The Bertz CT molecular complexity index is 337. The fraction of sp³-hybridized carbons (Fsp3) is 0.455. The highest BCUT2D eigenvalue weighted by Crippen LogP contribution is 2.10. The van der Waals surface area contributed by atoms with Crippen molar-refractivity contribution in [1.29, 1.82) is 0 Å². The van der Waals surface area contributed by atoms with Gasteiger partial charge in [0.15, 0.2) is 0 Å². The molecule has 0 spiro atoms. The van der Waals surface area contributed by atoms with Gasteiger partial charge in [-0.05, 0) is 20.3 Å². The fourth-order valence-corrected chi connectivity index (χ4v) is 1.31. The molecule has 1 heterocycles. The number of rotatable bonds is 4. The summed E-state index contributed by atoms with van der Waals surface area (Å²) in [5.41, 5.74) is 0.988. The molecule has 0 aliphatic heterocycles. The smallest absolute Gasteiger partial charge is 0.244 e. The first-order valence-corrected chi connectivity index (χ1v) is 5.08. The molecule has 0 saturated heterocycles. The molecule has 1 aromatic rings. The molecule has 0 bridgehead atoms. The third-order valence-corrected chi connectivity index (χ3v) is 1.99. The summed E-state index contributed by atoms with van der Waals surface area (Å²) in [6, 6.07) is -0.0388. The second-order valence-corrected chi connectivity index (χ2v) is 3.67. The maximum absolute atomic E-state index is 11.5. The van der Waals surface area contributed by atoms with Crippen LogP contribution in [0.15, 0.2) is 24.0 Å². The lowest BCUT2D eigenvalue weighted by atomic mass is 10.2. The molecule has 4 heteroatoms. The van der Waals surface area contributed by atoms with E-state index >= 15 is 0 Å². The van der Waals surface area contributed by atoms with Crippen LogP contribution in [0.5, 0.6) is 0 Å². The Morgan fingerprint density at radius 3 is 2.87 bits per heavy atom. The van der Waals surface area contributed by atoms with E-state index in [1.165, 1.54) is 0 Å². The minimum Gasteiger partial charge on any atom is -0.347 e. The molecular weight excluding hydrogens is 190 g/mol. The summed E-state index contributed by atoms with van der Waals surface area (Å²) < 4.78 is 0. The quantitative estimate of drug-likeness (QED) is 0.741. The molecule has 0 radical (unpaired) electrons. The van der Waals surface area contributed by atoms with Gasteiger partial charge in [-0.3, -0.25) is 4.79 Å². The Morgan fingerprint density at radius 1 is 1.67 bits per heavy atom. The van der Waals surface area contributed by atoms with Crippen molar-refractivity contribution in [3.8, 4) is 0 Å². The number of amides is 1. The number of nitrogens with zero attached hydrogens (tertiary/aromatic N) is 1. The van der Waals surface area contributed by atoms with Crippen LogP contribution in [0.3, 0.4) is 0 Å². The molecule has 1 amide bonds. The van der Waals surface area contributed by atoms with Crippen LogP contribution in [0, 0.1) is 0 Å². The molecule has 4 nitrogen and oxygen atoms in total. The summed E-state index contributed by atoms with van der Waals surface area (Å²) >= 11 is 0. The van der Waals surface area contributed by atoms with Crippen LogP contribution < -0.4 is 5.32 Å². The summed E-state index contributed by atoms with van der Waals surface area (Å²) in [5, 5.41) is 2.89. The largest absolute Gasteiger partial charge is 0.347 e. The van der Waals surface area contributed by atoms with E-state index in [4.69, 9.17) is 0 Å². The van der Waals surface area contributed by atoms with E-state index in [2.05, 4.69) is 15.3 Å². The minimum absolute atomic E-state index is 0.0388. The van der Waals surface area contributed by atoms with Crippen molar-refractivity contribution < 1.29 is 4.79 Å². The standard InChI is InChI=1S/C11H17N3O/c1-4-9(11-12-5-6-13-11)14-10(15)7-8(2)3/h5-7,9H,4H2,1-3H3,(H,12,13)(H,14,15). The predicted octanol–water partition coefficient (Wildman–Crippen LogP) is 1.94. The number of hydrogen-bond donors (Lipinski definition) is 2. The summed E-state index contributed by atoms with van der Waals surface area (Å²) in [4.78, 5) is 18.6. The number of aromatic amines is 1. The first kappa shape index (κ1) is 11.5. The maximum Gasteiger partial charge on any atom is 0.244 e. The fourth-order valence-electron chi connectivity index (χ4n) is 1.31. The number of carbonyl (C=O) groups excluding carboxylic acids is 1. The zero-order valence-electron chi connectivity index (χ0n) is 9.37. The first-order valence-electron chi connectivity index (χ1n) is 5.08. The Morgan fingerprint density at radius 2 is 2.40 bits per heavy atom. The molecule has 0 aliphatic carbocycles. The van der Waals surface area contributed by atoms with Crippen molar-refractivity contribution in [2.45, 2.75) is 33.2 Å². The van der Waals surface area contributed by atoms with E-state index in [0.717, 1.165) is 17.8 Å². The Labute approximate surface area is 89.8 Å². The van der Waals surface area contributed by atoms with E-state index in [0.29, 0.717) is 0 Å². The lowest BCUT2D eigenvalue weighted by Crippen LogP contribution is -2.27. The lowest BCUT2D eigenvalue weighted by Gasteiger charge is -2.13. The highest BCUT2D eigenvalue weighted by molar-refractivity contribution is 5.88. The zero-order valence-corrected chi connectivity index (χ0v) is 9.37. The average molecular weight is 207 g/mol. The van der Waals surface area contributed by atoms with Crippen LogP contribution in [0.4, 0.5) is 0 Å². The number of carbonyl (C=O) groups is 1. The second-order valence-electron chi connectivity index (χ2n) is 3.67. The van der Waals surface area contributed by atoms with Crippen LogP contribution in [0.1, 0.15) is 39.1 Å². The van der Waals surface area contributed by atoms with Crippen LogP contribution in [0.2, 0.25) is 0 Å². The van der Waals surface area contributed by atoms with Crippen molar-refractivity contribution in [3.63, 3.8) is 0 Å². The van der Waals surface area contributed by atoms with Gasteiger partial charge in [-0.25, -0.2) is 4.98 Å². The van der Waals surface area contributed by atoms with Gasteiger partial charge in [-0.1, -0.05) is 12.5 Å². The van der Waals surface area contributed by atoms with Crippen molar-refractivity contribution >= 4 is 5.91 Å². The molecule has 1 rings (SSSR count). The number of allylic oxidation sites excluding steroid dienone is 1. The Balaban J connectivity index is 2.63. The normalized spacial score (nSPS) is 11.9. The predicted molar refractivity (Wildman–Crippen MR) is 59.2 cm³/mol. The highest BCUT2D eigenvalue weighted by atomic mass is 16.1. The van der Waals surface area contributed by atoms with Gasteiger partial charge in [-0.15, -0.1) is 0 Å². The average Bonchev–Trinajstić information content (AvgIpc) is 2.65. The Hall–Kier alpha value is -1.58. The van der Waals surface area contributed by atoms with Gasteiger partial charge < -0.3 is 10.3 Å². The molecule has 1 unspecified atom stereocenters. The maximum atomic E-state index is 11.5. The molecule has 0 aliphatic rings. The lowest BCUT2D eigenvalue weighted by molar-refractivity contribution is -0.117. The molecule has 2 N–H and O–H groups in total. The van der Waals surface area contributed by atoms with Gasteiger partial charge in [0.2, 0.25) is 5.91 Å². The number of hydrogen-bond acceptors (Lipinski definition) is 2. The topological polar surface area (TPSA) is 57.8 Å². The third-order valence-electron chi connectivity index (χ3n) is 1.99. The van der Waals surface area contributed by atoms with Gasteiger partial charge in [0.05, 0.1) is 6.04 Å². The van der Waals surface area contributed by atoms with E-state index in [9.17, 15) is 4.79 Å². The van der Waals surface area contributed by atoms with E-state index in [1.54, 1.807) is 18.5 Å². The van der Waals surface area contributed by atoms with Crippen LogP contribution in [0.25, 0.3) is 0 Å². The minimum atomic E-state index is -0.0711. The molecule has 0 fully saturated rings. The van der Waals surface area contributed by atoms with Crippen LogP contribution in [-0.4, -0.2) is 15.9 Å². The van der Waals surface area contributed by atoms with Crippen molar-refractivity contribution in [3.05, 3.63) is 29.9 Å². The van der Waals surface area contributed by atoms with Crippen molar-refractivity contribution in [2.24, 2.45) is 0 Å². The monoisotopic (exact) mass is 207 g/mol. The molecule has 1 atom stereocenters. The number of imidazole rings is 1. The van der Waals surface area contributed by atoms with Crippen molar-refractivity contribution in [1.82, 2.24) is 15.3 Å². The van der Waals surface area contributed by atoms with E-state index in [-0.39, 0.29) is 11.9 Å². The summed E-state index contributed by atoms with van der Waals surface area (Å²) in [6.45, 7) is 5.80. The number of H-pyrrole nitrogens is 1. The van der Waals surface area contributed by atoms with Gasteiger partial charge in [0, 0.05) is 18.5 Å². The molecule has 15 heavy (non-hydrogen) atoms. The number of nitrogens with one attached hydrogen (secondary N) is 2. The number of aromatic nitrogens is 2. The Kier molecular flexibility index (Phi) is 4.09. The SMILES string of the molecule is CCC(NC(=O)C=C(C)C)c1ncc[nH]1. The molecule has 0 saturated carbocycles. The van der Waals surface area contributed by atoms with Crippen LogP contribution in [-0.2, 0) is 4.79 Å². The third kappa shape index (κ3) is 3.58. The van der Waals surface area contributed by atoms with Gasteiger partial charge in [0.25, 0.3) is 0 Å². The van der Waals surface area contributed by atoms with Gasteiger partial charge >= 0.3 is 0 Å². The molecule has 82 valence electrons. The van der Waals surface area contributed by atoms with Crippen molar-refractivity contribution in [2.75, 3.05) is 0 Å². The van der Waals surface area contributed by atoms with Gasteiger partial charge in [-0.2, -0.15) is 0 Å². The second kappa shape index (κ2) is 5.34. The highest BCUT2D eigenvalue weighted by Gasteiger charge is 2.12. The zero-order chi connectivity index (χ0) is 11.3. The van der Waals surface area contributed by atoms with E-state index in [1.807, 2.05) is 20.8 Å².